The van der Waals surface area contributed by atoms with Crippen LogP contribution in [0.3, 0.4) is 0 Å². The van der Waals surface area contributed by atoms with E-state index in [1.165, 1.54) is 12.1 Å². The van der Waals surface area contributed by atoms with Crippen molar-refractivity contribution in [3.8, 4) is 17.2 Å². The summed E-state index contributed by atoms with van der Waals surface area (Å²) in [4.78, 5) is 11.8. The molecule has 0 spiro atoms. The minimum Gasteiger partial charge on any atom is -0.493 e. The summed E-state index contributed by atoms with van der Waals surface area (Å²) in [6.07, 6.45) is 0. The Morgan fingerprint density at radius 1 is 1.04 bits per heavy atom. The maximum absolute atomic E-state index is 13.0. The summed E-state index contributed by atoms with van der Waals surface area (Å²) in [5.74, 6) is 1.29. The van der Waals surface area contributed by atoms with Gasteiger partial charge in [-0.2, -0.15) is 0 Å². The van der Waals surface area contributed by atoms with Crippen molar-refractivity contribution in [3.63, 3.8) is 0 Å². The van der Waals surface area contributed by atoms with Crippen LogP contribution in [0.15, 0.2) is 42.5 Å². The molecule has 0 saturated heterocycles. The Labute approximate surface area is 145 Å². The number of amides is 2. The Bertz CT molecular complexity index is 709. The van der Waals surface area contributed by atoms with Crippen LogP contribution in [0.2, 0.25) is 0 Å². The summed E-state index contributed by atoms with van der Waals surface area (Å²) in [6.45, 7) is 0.887. The molecule has 134 valence electrons. The maximum atomic E-state index is 13.0. The van der Waals surface area contributed by atoms with Gasteiger partial charge in [0.15, 0.2) is 11.5 Å². The molecular weight excluding hydrogens is 327 g/mol. The lowest BCUT2D eigenvalue weighted by Gasteiger charge is -2.11. The van der Waals surface area contributed by atoms with Crippen molar-refractivity contribution in [2.45, 2.75) is 6.54 Å². The van der Waals surface area contributed by atoms with Crippen molar-refractivity contribution in [1.82, 2.24) is 10.6 Å². The molecule has 6 nitrogen and oxygen atoms in total. The second-order valence-corrected chi connectivity index (χ2v) is 5.10. The molecule has 2 aromatic rings. The van der Waals surface area contributed by atoms with E-state index in [1.54, 1.807) is 38.5 Å². The molecule has 7 heteroatoms. The first-order chi connectivity index (χ1) is 12.1. The summed E-state index contributed by atoms with van der Waals surface area (Å²) >= 11 is 0. The van der Waals surface area contributed by atoms with Crippen LogP contribution in [0.5, 0.6) is 17.2 Å². The fourth-order valence-electron chi connectivity index (χ4n) is 2.13. The summed E-state index contributed by atoms with van der Waals surface area (Å²) in [5.41, 5.74) is 0.879. The minimum atomic E-state index is -0.363. The van der Waals surface area contributed by atoms with Crippen LogP contribution in [0, 0.1) is 5.82 Å². The van der Waals surface area contributed by atoms with Crippen LogP contribution in [0.4, 0.5) is 9.18 Å². The molecule has 0 bridgehead atoms. The second kappa shape index (κ2) is 9.36. The number of nitrogens with one attached hydrogen (secondary N) is 2. The van der Waals surface area contributed by atoms with Crippen LogP contribution < -0.4 is 24.8 Å². The number of halogens is 1. The molecule has 0 radical (unpaired) electrons. The van der Waals surface area contributed by atoms with E-state index in [2.05, 4.69) is 10.6 Å². The normalized spacial score (nSPS) is 10.0. The monoisotopic (exact) mass is 348 g/mol. The van der Waals surface area contributed by atoms with Gasteiger partial charge in [-0.3, -0.25) is 0 Å². The number of methoxy groups -OCH3 is 2. The molecule has 2 aromatic carbocycles. The SMILES string of the molecule is COc1ccc(CNC(=O)NCCOc2cccc(F)c2)cc1OC. The van der Waals surface area contributed by atoms with Crippen molar-refractivity contribution in [1.29, 1.82) is 0 Å². The third-order valence-electron chi connectivity index (χ3n) is 3.35. The Morgan fingerprint density at radius 2 is 1.84 bits per heavy atom. The van der Waals surface area contributed by atoms with Gasteiger partial charge in [-0.05, 0) is 29.8 Å². The molecule has 25 heavy (non-hydrogen) atoms. The molecule has 2 N–H and O–H groups in total. The van der Waals surface area contributed by atoms with Crippen LogP contribution in [-0.2, 0) is 6.54 Å². The highest BCUT2D eigenvalue weighted by Crippen LogP contribution is 2.27. The fraction of sp³-hybridized carbons (Fsp3) is 0.278. The Balaban J connectivity index is 1.70. The molecule has 0 aromatic heterocycles. The van der Waals surface area contributed by atoms with Gasteiger partial charge in [0.1, 0.15) is 18.2 Å². The van der Waals surface area contributed by atoms with E-state index in [-0.39, 0.29) is 18.5 Å². The summed E-state index contributed by atoms with van der Waals surface area (Å²) in [7, 11) is 3.12. The van der Waals surface area contributed by atoms with E-state index in [4.69, 9.17) is 14.2 Å². The summed E-state index contributed by atoms with van der Waals surface area (Å²) in [6, 6.07) is 10.9. The van der Waals surface area contributed by atoms with Crippen molar-refractivity contribution in [2.24, 2.45) is 0 Å². The van der Waals surface area contributed by atoms with Gasteiger partial charge in [-0.1, -0.05) is 12.1 Å². The van der Waals surface area contributed by atoms with Gasteiger partial charge in [0.25, 0.3) is 0 Å². The Hall–Kier alpha value is -2.96. The highest BCUT2D eigenvalue weighted by molar-refractivity contribution is 5.73. The largest absolute Gasteiger partial charge is 0.493 e. The maximum Gasteiger partial charge on any atom is 0.315 e. The van der Waals surface area contributed by atoms with Crippen LogP contribution in [-0.4, -0.2) is 33.4 Å². The lowest BCUT2D eigenvalue weighted by atomic mass is 10.2. The zero-order chi connectivity index (χ0) is 18.1. The lowest BCUT2D eigenvalue weighted by Crippen LogP contribution is -2.37. The van der Waals surface area contributed by atoms with Gasteiger partial charge in [-0.15, -0.1) is 0 Å². The first-order valence-electron chi connectivity index (χ1n) is 7.73. The average Bonchev–Trinajstić information content (AvgIpc) is 2.63. The van der Waals surface area contributed by atoms with Gasteiger partial charge in [0, 0.05) is 12.6 Å². The van der Waals surface area contributed by atoms with Gasteiger partial charge in [0.05, 0.1) is 20.8 Å². The van der Waals surface area contributed by atoms with Gasteiger partial charge >= 0.3 is 6.03 Å². The predicted octanol–water partition coefficient (Wildman–Crippen LogP) is 2.72. The van der Waals surface area contributed by atoms with Gasteiger partial charge in [0.2, 0.25) is 0 Å². The number of hydrogen-bond donors (Lipinski definition) is 2. The lowest BCUT2D eigenvalue weighted by molar-refractivity contribution is 0.236. The van der Waals surface area contributed by atoms with Gasteiger partial charge in [-0.25, -0.2) is 9.18 Å². The number of hydrogen-bond acceptors (Lipinski definition) is 4. The molecule has 2 amide bonds. The van der Waals surface area contributed by atoms with E-state index in [9.17, 15) is 9.18 Å². The zero-order valence-corrected chi connectivity index (χ0v) is 14.2. The first kappa shape index (κ1) is 18.4. The van der Waals surface area contributed by atoms with E-state index in [0.29, 0.717) is 30.3 Å². The van der Waals surface area contributed by atoms with Crippen molar-refractivity contribution in [2.75, 3.05) is 27.4 Å². The van der Waals surface area contributed by atoms with Crippen LogP contribution in [0.25, 0.3) is 0 Å². The first-order valence-corrected chi connectivity index (χ1v) is 7.73. The second-order valence-electron chi connectivity index (χ2n) is 5.10. The third kappa shape index (κ3) is 5.87. The molecule has 0 aliphatic rings. The molecule has 0 heterocycles. The summed E-state index contributed by atoms with van der Waals surface area (Å²) < 4.78 is 28.7. The smallest absolute Gasteiger partial charge is 0.315 e. The minimum absolute atomic E-state index is 0.243. The van der Waals surface area contributed by atoms with Crippen LogP contribution in [0.1, 0.15) is 5.56 Å². The number of urea groups is 1. The number of carbonyl (C=O) groups is 1. The molecule has 0 atom stereocenters. The molecule has 2 rings (SSSR count). The molecular formula is C18H21FN2O4. The third-order valence-corrected chi connectivity index (χ3v) is 3.35. The molecule has 0 fully saturated rings. The quantitative estimate of drug-likeness (QED) is 0.720. The Kier molecular flexibility index (Phi) is 6.88. The van der Waals surface area contributed by atoms with E-state index in [1.807, 2.05) is 6.07 Å². The molecule has 0 aliphatic carbocycles. The topological polar surface area (TPSA) is 68.8 Å². The van der Waals surface area contributed by atoms with E-state index >= 15 is 0 Å². The highest BCUT2D eigenvalue weighted by atomic mass is 19.1. The summed E-state index contributed by atoms with van der Waals surface area (Å²) in [5, 5.41) is 5.40. The van der Waals surface area contributed by atoms with Crippen molar-refractivity contribution < 1.29 is 23.4 Å². The standard InChI is InChI=1S/C18H21FN2O4/c1-23-16-7-6-13(10-17(16)24-2)12-21-18(22)20-8-9-25-15-5-3-4-14(19)11-15/h3-7,10-11H,8-9,12H2,1-2H3,(H2,20,21,22). The Morgan fingerprint density at radius 3 is 2.56 bits per heavy atom. The molecule has 0 aliphatic heterocycles. The number of carbonyl (C=O) groups excluding carboxylic acids is 1. The van der Waals surface area contributed by atoms with E-state index < -0.39 is 0 Å². The van der Waals surface area contributed by atoms with Gasteiger partial charge < -0.3 is 24.8 Å². The number of ether oxygens (including phenoxy) is 3. The number of benzene rings is 2. The molecule has 0 unspecified atom stereocenters. The fourth-order valence-corrected chi connectivity index (χ4v) is 2.13. The number of rotatable bonds is 8. The van der Waals surface area contributed by atoms with E-state index in [0.717, 1.165) is 5.56 Å². The predicted molar refractivity (Wildman–Crippen MR) is 91.7 cm³/mol. The highest BCUT2D eigenvalue weighted by Gasteiger charge is 2.06. The zero-order valence-electron chi connectivity index (χ0n) is 14.2. The van der Waals surface area contributed by atoms with Crippen molar-refractivity contribution >= 4 is 6.03 Å². The average molecular weight is 348 g/mol. The molecule has 0 saturated carbocycles. The van der Waals surface area contributed by atoms with Crippen LogP contribution >= 0.6 is 0 Å². The van der Waals surface area contributed by atoms with Crippen molar-refractivity contribution in [3.05, 3.63) is 53.8 Å².